The quantitative estimate of drug-likeness (QED) is 0.523. The van der Waals surface area contributed by atoms with Gasteiger partial charge in [-0.05, 0) is 35.0 Å². The summed E-state index contributed by atoms with van der Waals surface area (Å²) in [5.41, 5.74) is 3.76. The molecule has 0 saturated carbocycles. The minimum absolute atomic E-state index is 0.169. The Balaban J connectivity index is 1.53. The molecule has 3 rings (SSSR count). The summed E-state index contributed by atoms with van der Waals surface area (Å²) < 4.78 is 5.04. The van der Waals surface area contributed by atoms with Gasteiger partial charge in [-0.15, -0.1) is 0 Å². The number of hydrogen-bond acceptors (Lipinski definition) is 4. The molecule has 136 valence electrons. The van der Waals surface area contributed by atoms with Crippen molar-refractivity contribution in [2.75, 3.05) is 13.7 Å². The van der Waals surface area contributed by atoms with Gasteiger partial charge in [-0.25, -0.2) is 5.43 Å². The van der Waals surface area contributed by atoms with E-state index in [0.29, 0.717) is 11.3 Å². The summed E-state index contributed by atoms with van der Waals surface area (Å²) in [5, 5.41) is 8.67. The average molecular weight is 361 g/mol. The predicted molar refractivity (Wildman–Crippen MR) is 105 cm³/mol. The number of fused-ring (bicyclic) bond motifs is 1. The van der Waals surface area contributed by atoms with Gasteiger partial charge < -0.3 is 10.1 Å². The van der Waals surface area contributed by atoms with Crippen LogP contribution in [0.4, 0.5) is 0 Å². The fourth-order valence-electron chi connectivity index (χ4n) is 2.58. The highest BCUT2D eigenvalue weighted by Gasteiger charge is 2.07. The van der Waals surface area contributed by atoms with Crippen LogP contribution < -0.4 is 15.5 Å². The first-order valence-electron chi connectivity index (χ1n) is 8.39. The van der Waals surface area contributed by atoms with Crippen molar-refractivity contribution in [2.24, 2.45) is 5.10 Å². The van der Waals surface area contributed by atoms with E-state index in [9.17, 15) is 9.59 Å². The maximum absolute atomic E-state index is 12.0. The minimum atomic E-state index is -0.409. The number of nitrogens with one attached hydrogen (secondary N) is 2. The highest BCUT2D eigenvalue weighted by Crippen LogP contribution is 2.16. The van der Waals surface area contributed by atoms with E-state index in [1.807, 2.05) is 42.5 Å². The van der Waals surface area contributed by atoms with Crippen molar-refractivity contribution in [2.45, 2.75) is 0 Å². The molecule has 0 saturated heterocycles. The first-order valence-corrected chi connectivity index (χ1v) is 8.39. The number of carbonyl (C=O) groups is 2. The molecule has 0 aliphatic rings. The Morgan fingerprint density at radius 3 is 2.52 bits per heavy atom. The molecule has 27 heavy (non-hydrogen) atoms. The van der Waals surface area contributed by atoms with Gasteiger partial charge in [-0.3, -0.25) is 9.59 Å². The summed E-state index contributed by atoms with van der Waals surface area (Å²) in [6.07, 6.45) is 1.59. The Kier molecular flexibility index (Phi) is 5.79. The molecule has 2 amide bonds. The van der Waals surface area contributed by atoms with Crippen LogP contribution in [0.1, 0.15) is 15.9 Å². The zero-order valence-corrected chi connectivity index (χ0v) is 14.8. The van der Waals surface area contributed by atoms with E-state index in [1.165, 1.54) is 0 Å². The molecule has 0 atom stereocenters. The molecule has 0 aromatic heterocycles. The number of hydrogen-bond donors (Lipinski definition) is 2. The number of nitrogens with zero attached hydrogens (tertiary/aromatic N) is 1. The van der Waals surface area contributed by atoms with Crippen molar-refractivity contribution in [3.05, 3.63) is 77.9 Å². The summed E-state index contributed by atoms with van der Waals surface area (Å²) in [6.45, 7) is -0.169. The lowest BCUT2D eigenvalue weighted by Gasteiger charge is -2.05. The zero-order valence-electron chi connectivity index (χ0n) is 14.8. The zero-order chi connectivity index (χ0) is 19.1. The molecule has 2 N–H and O–H groups in total. The highest BCUT2D eigenvalue weighted by molar-refractivity contribution is 6.00. The predicted octanol–water partition coefficient (Wildman–Crippen LogP) is 2.73. The van der Waals surface area contributed by atoms with Crippen molar-refractivity contribution < 1.29 is 14.3 Å². The lowest BCUT2D eigenvalue weighted by atomic mass is 10.1. The van der Waals surface area contributed by atoms with E-state index in [4.69, 9.17) is 4.74 Å². The molecule has 0 aliphatic carbocycles. The van der Waals surface area contributed by atoms with Crippen LogP contribution in [0.5, 0.6) is 5.75 Å². The summed E-state index contributed by atoms with van der Waals surface area (Å²) in [6, 6.07) is 20.4. The molecule has 0 aliphatic heterocycles. The normalized spacial score (nSPS) is 10.7. The molecule has 0 spiro atoms. The topological polar surface area (TPSA) is 79.8 Å². The molecule has 6 heteroatoms. The lowest BCUT2D eigenvalue weighted by molar-refractivity contribution is -0.120. The monoisotopic (exact) mass is 361 g/mol. The van der Waals surface area contributed by atoms with Crippen LogP contribution in [-0.2, 0) is 4.79 Å². The second-order valence-corrected chi connectivity index (χ2v) is 5.77. The van der Waals surface area contributed by atoms with Gasteiger partial charge in [0.15, 0.2) is 0 Å². The Labute approximate surface area is 156 Å². The van der Waals surface area contributed by atoms with Gasteiger partial charge in [-0.2, -0.15) is 5.10 Å². The number of amides is 2. The summed E-state index contributed by atoms with van der Waals surface area (Å²) in [4.78, 5) is 23.9. The summed E-state index contributed by atoms with van der Waals surface area (Å²) in [5.74, 6) is -0.0914. The van der Waals surface area contributed by atoms with Crippen LogP contribution in [0.2, 0.25) is 0 Å². The molecule has 3 aromatic rings. The Morgan fingerprint density at radius 2 is 1.74 bits per heavy atom. The van der Waals surface area contributed by atoms with Crippen LogP contribution in [0.15, 0.2) is 71.8 Å². The fraction of sp³-hybridized carbons (Fsp3) is 0.0952. The van der Waals surface area contributed by atoms with Crippen LogP contribution in [-0.4, -0.2) is 31.7 Å². The number of carbonyl (C=O) groups excluding carboxylic acids is 2. The van der Waals surface area contributed by atoms with Gasteiger partial charge in [0.2, 0.25) is 0 Å². The fourth-order valence-corrected chi connectivity index (χ4v) is 2.58. The standard InChI is InChI=1S/C21H19N3O3/c1-27-18-11-9-16(10-12-18)21(26)22-14-20(25)24-23-13-17-7-4-6-15-5-2-3-8-19(15)17/h2-13H,14H2,1H3,(H,22,26)(H,24,25)/b23-13-. The first kappa shape index (κ1) is 18.1. The van der Waals surface area contributed by atoms with Gasteiger partial charge in [0.1, 0.15) is 5.75 Å². The van der Waals surface area contributed by atoms with Crippen LogP contribution >= 0.6 is 0 Å². The van der Waals surface area contributed by atoms with E-state index in [2.05, 4.69) is 15.8 Å². The van der Waals surface area contributed by atoms with Crippen molar-refractivity contribution in [1.29, 1.82) is 0 Å². The van der Waals surface area contributed by atoms with Gasteiger partial charge in [0, 0.05) is 11.1 Å². The summed E-state index contributed by atoms with van der Waals surface area (Å²) >= 11 is 0. The van der Waals surface area contributed by atoms with Crippen LogP contribution in [0, 0.1) is 0 Å². The van der Waals surface area contributed by atoms with Crippen molar-refractivity contribution >= 4 is 28.8 Å². The third-order valence-corrected chi connectivity index (χ3v) is 3.98. The maximum Gasteiger partial charge on any atom is 0.259 e. The molecule has 0 fully saturated rings. The van der Waals surface area contributed by atoms with Gasteiger partial charge >= 0.3 is 0 Å². The highest BCUT2D eigenvalue weighted by atomic mass is 16.5. The second-order valence-electron chi connectivity index (χ2n) is 5.77. The lowest BCUT2D eigenvalue weighted by Crippen LogP contribution is -2.34. The van der Waals surface area contributed by atoms with Gasteiger partial charge in [0.05, 0.1) is 19.9 Å². The van der Waals surface area contributed by atoms with Crippen molar-refractivity contribution in [3.63, 3.8) is 0 Å². The van der Waals surface area contributed by atoms with Crippen molar-refractivity contribution in [1.82, 2.24) is 10.7 Å². The number of benzene rings is 3. The van der Waals surface area contributed by atoms with E-state index in [0.717, 1.165) is 16.3 Å². The Bertz CT molecular complexity index is 976. The van der Waals surface area contributed by atoms with Crippen LogP contribution in [0.3, 0.4) is 0 Å². The van der Waals surface area contributed by atoms with E-state index in [1.54, 1.807) is 37.6 Å². The first-order chi connectivity index (χ1) is 13.2. The number of ether oxygens (including phenoxy) is 1. The number of hydrazone groups is 1. The third-order valence-electron chi connectivity index (χ3n) is 3.98. The Hall–Kier alpha value is -3.67. The SMILES string of the molecule is COc1ccc(C(=O)NCC(=O)N/N=C\c2cccc3ccccc23)cc1. The summed E-state index contributed by atoms with van der Waals surface area (Å²) in [7, 11) is 1.55. The smallest absolute Gasteiger partial charge is 0.259 e. The molecule has 0 unspecified atom stereocenters. The number of rotatable bonds is 6. The minimum Gasteiger partial charge on any atom is -0.497 e. The van der Waals surface area contributed by atoms with Gasteiger partial charge in [-0.1, -0.05) is 42.5 Å². The molecule has 0 heterocycles. The van der Waals surface area contributed by atoms with Gasteiger partial charge in [0.25, 0.3) is 11.8 Å². The molecule has 0 radical (unpaired) electrons. The Morgan fingerprint density at radius 1 is 1.00 bits per heavy atom. The molecule has 3 aromatic carbocycles. The van der Waals surface area contributed by atoms with E-state index >= 15 is 0 Å². The van der Waals surface area contributed by atoms with Crippen molar-refractivity contribution in [3.8, 4) is 5.75 Å². The maximum atomic E-state index is 12.0. The number of methoxy groups -OCH3 is 1. The largest absolute Gasteiger partial charge is 0.497 e. The average Bonchev–Trinajstić information content (AvgIpc) is 2.72. The van der Waals surface area contributed by atoms with E-state index < -0.39 is 5.91 Å². The van der Waals surface area contributed by atoms with Crippen LogP contribution in [0.25, 0.3) is 10.8 Å². The molecule has 6 nitrogen and oxygen atoms in total. The molecular weight excluding hydrogens is 342 g/mol. The molecular formula is C21H19N3O3. The van der Waals surface area contributed by atoms with E-state index in [-0.39, 0.29) is 12.5 Å². The third kappa shape index (κ3) is 4.70. The molecule has 0 bridgehead atoms. The second kappa shape index (κ2) is 8.62.